The smallest absolute Gasteiger partial charge is 0.417 e. The monoisotopic (exact) mass is 680 g/mol. The van der Waals surface area contributed by atoms with Gasteiger partial charge in [-0.2, -0.15) is 13.2 Å². The lowest BCUT2D eigenvalue weighted by Gasteiger charge is -2.37. The van der Waals surface area contributed by atoms with E-state index in [0.717, 1.165) is 61.1 Å². The number of allylic oxidation sites excluding steroid dienone is 1. The predicted octanol–water partition coefficient (Wildman–Crippen LogP) is 4.78. The average Bonchev–Trinajstić information content (AvgIpc) is 3.59. The van der Waals surface area contributed by atoms with Gasteiger partial charge in [-0.1, -0.05) is 12.1 Å². The van der Waals surface area contributed by atoms with E-state index in [1.54, 1.807) is 24.3 Å². The van der Waals surface area contributed by atoms with Crippen LogP contribution in [0.1, 0.15) is 23.6 Å². The molecule has 0 aliphatic carbocycles. The number of ether oxygens (including phenoxy) is 1. The number of likely N-dealkylation sites (tertiary alicyclic amines) is 1. The molecule has 2 aromatic carbocycles. The van der Waals surface area contributed by atoms with E-state index in [1.807, 2.05) is 29.3 Å². The summed E-state index contributed by atoms with van der Waals surface area (Å²) in [6.45, 7) is 4.69. The Morgan fingerprint density at radius 2 is 1.87 bits per heavy atom. The molecule has 0 amide bonds. The summed E-state index contributed by atoms with van der Waals surface area (Å²) in [5, 5.41) is 13.1. The van der Waals surface area contributed by atoms with Crippen molar-refractivity contribution in [3.05, 3.63) is 65.4 Å². The second-order valence-electron chi connectivity index (χ2n) is 12.6. The predicted molar refractivity (Wildman–Crippen MR) is 173 cm³/mol. The van der Waals surface area contributed by atoms with Gasteiger partial charge in [-0.15, -0.1) is 11.8 Å². The van der Waals surface area contributed by atoms with Crippen molar-refractivity contribution >= 4 is 23.7 Å². The number of aliphatic imine (C=N–C) groups is 1. The van der Waals surface area contributed by atoms with Crippen LogP contribution >= 0.6 is 11.8 Å². The number of alkyl halides is 5. The number of anilines is 1. The molecule has 8 nitrogen and oxygen atoms in total. The number of piperazine rings is 1. The van der Waals surface area contributed by atoms with Crippen LogP contribution in [-0.4, -0.2) is 116 Å². The number of β-amino-alcohol motifs (C(OH)–C–C–N with tert-alkyl or cyclic N) is 1. The largest absolute Gasteiger partial charge is 0.497 e. The normalized spacial score (nSPS) is 24.0. The van der Waals surface area contributed by atoms with Gasteiger partial charge in [0.2, 0.25) is 0 Å². The Morgan fingerprint density at radius 1 is 1.06 bits per heavy atom. The van der Waals surface area contributed by atoms with E-state index < -0.39 is 23.8 Å². The summed E-state index contributed by atoms with van der Waals surface area (Å²) < 4.78 is 74.5. The molecule has 0 spiro atoms. The first kappa shape index (κ1) is 34.0. The number of fused-ring (bicyclic) bond motifs is 1. The van der Waals surface area contributed by atoms with Gasteiger partial charge in [0.05, 0.1) is 37.9 Å². The standard InChI is InChI=1S/C33H41F5N6O2S/c1-46-26-4-2-3-24(18-26)43-13-11-41(12-14-43)20-25(45)21-44-29-7-9-39-19-27(29)31(40-44)23-5-6-28(33(36,37)38)30(17-23)47-16-15-42-10-8-32(34,35)22-42/h2-7,9,17-18,25,27,31,40,45H,8,10-16,19-22H2,1H3. The van der Waals surface area contributed by atoms with Gasteiger partial charge in [-0.25, -0.2) is 14.2 Å². The Hall–Kier alpha value is -2.91. The zero-order valence-corrected chi connectivity index (χ0v) is 27.1. The minimum Gasteiger partial charge on any atom is -0.497 e. The number of methoxy groups -OCH3 is 1. The molecule has 3 saturated heterocycles. The Kier molecular flexibility index (Phi) is 10.3. The second-order valence-corrected chi connectivity index (χ2v) is 13.7. The first-order valence-electron chi connectivity index (χ1n) is 16.0. The van der Waals surface area contributed by atoms with Crippen molar-refractivity contribution in [3.63, 3.8) is 0 Å². The Balaban J connectivity index is 1.08. The molecule has 0 aromatic heterocycles. The van der Waals surface area contributed by atoms with Crippen LogP contribution in [-0.2, 0) is 6.18 Å². The number of rotatable bonds is 11. The summed E-state index contributed by atoms with van der Waals surface area (Å²) in [6.07, 6.45) is -1.81. The average molecular weight is 681 g/mol. The first-order chi connectivity index (χ1) is 22.5. The summed E-state index contributed by atoms with van der Waals surface area (Å²) >= 11 is 1.05. The summed E-state index contributed by atoms with van der Waals surface area (Å²) in [5.41, 5.74) is 5.46. The molecule has 3 atom stereocenters. The zero-order chi connectivity index (χ0) is 33.2. The molecule has 256 valence electrons. The molecule has 47 heavy (non-hydrogen) atoms. The maximum absolute atomic E-state index is 14.0. The summed E-state index contributed by atoms with van der Waals surface area (Å²) in [4.78, 5) is 10.7. The Morgan fingerprint density at radius 3 is 2.60 bits per heavy atom. The number of hydrazine groups is 1. The van der Waals surface area contributed by atoms with E-state index in [0.29, 0.717) is 25.2 Å². The number of dihydropyridines is 1. The summed E-state index contributed by atoms with van der Waals surface area (Å²) in [5.74, 6) is -1.77. The quantitative estimate of drug-likeness (QED) is 0.260. The minimum atomic E-state index is -4.54. The third-order valence-corrected chi connectivity index (χ3v) is 10.3. The topological polar surface area (TPSA) is 66.8 Å². The van der Waals surface area contributed by atoms with Crippen LogP contribution in [0.5, 0.6) is 5.75 Å². The highest BCUT2D eigenvalue weighted by Crippen LogP contribution is 2.42. The first-order valence-corrected chi connectivity index (χ1v) is 16.9. The van der Waals surface area contributed by atoms with Crippen molar-refractivity contribution < 1.29 is 31.8 Å². The number of hydrogen-bond acceptors (Lipinski definition) is 9. The van der Waals surface area contributed by atoms with Gasteiger partial charge in [0.15, 0.2) is 0 Å². The Bertz CT molecular complexity index is 1450. The number of aliphatic hydroxyl groups excluding tert-OH is 1. The third kappa shape index (κ3) is 8.22. The second kappa shape index (κ2) is 14.3. The summed E-state index contributed by atoms with van der Waals surface area (Å²) in [7, 11) is 1.65. The van der Waals surface area contributed by atoms with E-state index in [-0.39, 0.29) is 48.7 Å². The number of aliphatic hydroxyl groups is 1. The Labute approximate surface area is 276 Å². The fraction of sp³-hybridized carbons (Fsp3) is 0.545. The molecule has 2 aromatic rings. The van der Waals surface area contributed by atoms with Gasteiger partial charge in [0, 0.05) is 99.0 Å². The third-order valence-electron chi connectivity index (χ3n) is 9.28. The van der Waals surface area contributed by atoms with Crippen molar-refractivity contribution in [1.82, 2.24) is 20.2 Å². The van der Waals surface area contributed by atoms with E-state index in [4.69, 9.17) is 4.74 Å². The van der Waals surface area contributed by atoms with Crippen LogP contribution in [0.3, 0.4) is 0 Å². The van der Waals surface area contributed by atoms with Crippen LogP contribution in [0.15, 0.2) is 64.1 Å². The minimum absolute atomic E-state index is 0.0826. The van der Waals surface area contributed by atoms with E-state index >= 15 is 0 Å². The molecule has 4 aliphatic heterocycles. The van der Waals surface area contributed by atoms with Crippen LogP contribution in [0.4, 0.5) is 27.6 Å². The lowest BCUT2D eigenvalue weighted by Crippen LogP contribution is -2.50. The van der Waals surface area contributed by atoms with Gasteiger partial charge in [-0.3, -0.25) is 14.8 Å². The lowest BCUT2D eigenvalue weighted by atomic mass is 9.91. The number of hydrogen-bond donors (Lipinski definition) is 2. The highest BCUT2D eigenvalue weighted by atomic mass is 32.2. The van der Waals surface area contributed by atoms with Crippen LogP contribution < -0.4 is 15.1 Å². The molecule has 0 radical (unpaired) electrons. The van der Waals surface area contributed by atoms with E-state index in [1.165, 1.54) is 6.07 Å². The molecule has 2 N–H and O–H groups in total. The SMILES string of the molecule is COc1cccc(N2CCN(CC(O)CN3NC(c4ccc(C(F)(F)F)c(SCCN5CCC(F)(F)C5)c4)C4CN=CC=C43)CC2)c1. The van der Waals surface area contributed by atoms with Gasteiger partial charge in [0.1, 0.15) is 5.75 Å². The molecular weight excluding hydrogens is 639 g/mol. The van der Waals surface area contributed by atoms with Crippen LogP contribution in [0.2, 0.25) is 0 Å². The fourth-order valence-electron chi connectivity index (χ4n) is 6.82. The maximum atomic E-state index is 14.0. The molecular formula is C33H41F5N6O2S. The molecule has 0 saturated carbocycles. The summed E-state index contributed by atoms with van der Waals surface area (Å²) in [6, 6.07) is 11.8. The molecule has 3 fully saturated rings. The fourth-order valence-corrected chi connectivity index (χ4v) is 7.94. The van der Waals surface area contributed by atoms with Crippen molar-refractivity contribution in [2.75, 3.05) is 83.2 Å². The number of nitrogens with zero attached hydrogens (tertiary/aromatic N) is 5. The molecule has 0 bridgehead atoms. The molecule has 6 rings (SSSR count). The van der Waals surface area contributed by atoms with Gasteiger partial charge < -0.3 is 19.8 Å². The molecule has 4 heterocycles. The molecule has 4 aliphatic rings. The van der Waals surface area contributed by atoms with Crippen molar-refractivity contribution in [2.45, 2.75) is 35.6 Å². The van der Waals surface area contributed by atoms with Crippen molar-refractivity contribution in [1.29, 1.82) is 0 Å². The van der Waals surface area contributed by atoms with Gasteiger partial charge >= 0.3 is 6.18 Å². The molecule has 3 unspecified atom stereocenters. The van der Waals surface area contributed by atoms with Gasteiger partial charge in [0.25, 0.3) is 5.92 Å². The van der Waals surface area contributed by atoms with Crippen molar-refractivity contribution in [3.8, 4) is 5.75 Å². The maximum Gasteiger partial charge on any atom is 0.417 e. The van der Waals surface area contributed by atoms with Gasteiger partial charge in [-0.05, 0) is 35.9 Å². The number of benzene rings is 2. The van der Waals surface area contributed by atoms with Crippen LogP contribution in [0.25, 0.3) is 0 Å². The van der Waals surface area contributed by atoms with Crippen LogP contribution in [0, 0.1) is 5.92 Å². The van der Waals surface area contributed by atoms with Crippen molar-refractivity contribution in [2.24, 2.45) is 10.9 Å². The number of halogens is 5. The number of thioether (sulfide) groups is 1. The lowest BCUT2D eigenvalue weighted by molar-refractivity contribution is -0.139. The van der Waals surface area contributed by atoms with E-state index in [9.17, 15) is 27.1 Å². The highest BCUT2D eigenvalue weighted by molar-refractivity contribution is 7.99. The van der Waals surface area contributed by atoms with E-state index in [2.05, 4.69) is 26.3 Å². The molecule has 14 heteroatoms. The zero-order valence-electron chi connectivity index (χ0n) is 26.3. The highest BCUT2D eigenvalue weighted by Gasteiger charge is 2.41. The number of nitrogens with one attached hydrogen (secondary N) is 1.